The van der Waals surface area contributed by atoms with Crippen LogP contribution in [0.2, 0.25) is 5.02 Å². The first-order valence-corrected chi connectivity index (χ1v) is 6.65. The Labute approximate surface area is 116 Å². The lowest BCUT2D eigenvalue weighted by Crippen LogP contribution is -2.40. The van der Waals surface area contributed by atoms with Gasteiger partial charge in [0.15, 0.2) is 0 Å². The van der Waals surface area contributed by atoms with Crippen LogP contribution in [0.4, 0.5) is 4.39 Å². The van der Waals surface area contributed by atoms with Gasteiger partial charge in [0.2, 0.25) is 5.91 Å². The van der Waals surface area contributed by atoms with Gasteiger partial charge in [0.1, 0.15) is 5.82 Å². The molecule has 1 rings (SSSR count). The lowest BCUT2D eigenvalue weighted by atomic mass is 10.1. The number of carbonyl (C=O) groups is 1. The summed E-state index contributed by atoms with van der Waals surface area (Å²) in [6, 6.07) is 4.24. The van der Waals surface area contributed by atoms with Gasteiger partial charge in [-0.25, -0.2) is 4.39 Å². The average molecular weight is 292 g/mol. The molecule has 1 atom stereocenters. The Morgan fingerprint density at radius 2 is 2.11 bits per heavy atom. The SMILES string of the molecule is CC(C)C(CCl)NC(=O)Cc1c(F)cccc1Cl. The number of hydrogen-bond donors (Lipinski definition) is 1. The summed E-state index contributed by atoms with van der Waals surface area (Å²) >= 11 is 11.6. The molecule has 18 heavy (non-hydrogen) atoms. The third-order valence-corrected chi connectivity index (χ3v) is 3.40. The average Bonchev–Trinajstić information content (AvgIpc) is 2.30. The van der Waals surface area contributed by atoms with Crippen molar-refractivity contribution in [3.8, 4) is 0 Å². The van der Waals surface area contributed by atoms with E-state index in [1.807, 2.05) is 13.8 Å². The van der Waals surface area contributed by atoms with Crippen molar-refractivity contribution in [1.82, 2.24) is 5.32 Å². The van der Waals surface area contributed by atoms with Crippen molar-refractivity contribution in [3.63, 3.8) is 0 Å². The fourth-order valence-electron chi connectivity index (χ4n) is 1.50. The second kappa shape index (κ2) is 6.95. The zero-order valence-electron chi connectivity index (χ0n) is 10.3. The summed E-state index contributed by atoms with van der Waals surface area (Å²) in [5.74, 6) is -0.192. The zero-order chi connectivity index (χ0) is 13.7. The molecular weight excluding hydrogens is 276 g/mol. The minimum Gasteiger partial charge on any atom is -0.352 e. The molecule has 1 aromatic rings. The fraction of sp³-hybridized carbons (Fsp3) is 0.462. The number of alkyl halides is 1. The molecule has 0 aliphatic carbocycles. The summed E-state index contributed by atoms with van der Waals surface area (Å²) in [4.78, 5) is 11.8. The molecule has 0 saturated heterocycles. The molecular formula is C13H16Cl2FNO. The third kappa shape index (κ3) is 4.14. The van der Waals surface area contributed by atoms with Crippen LogP contribution in [-0.2, 0) is 11.2 Å². The summed E-state index contributed by atoms with van der Waals surface area (Å²) in [6.45, 7) is 3.92. The molecule has 0 saturated carbocycles. The maximum absolute atomic E-state index is 13.5. The van der Waals surface area contributed by atoms with Crippen molar-refractivity contribution in [2.75, 3.05) is 5.88 Å². The quantitative estimate of drug-likeness (QED) is 0.828. The van der Waals surface area contributed by atoms with Crippen molar-refractivity contribution in [1.29, 1.82) is 0 Å². The van der Waals surface area contributed by atoms with Crippen LogP contribution in [-0.4, -0.2) is 17.8 Å². The molecule has 1 unspecified atom stereocenters. The number of benzene rings is 1. The summed E-state index contributed by atoms with van der Waals surface area (Å²) < 4.78 is 13.5. The van der Waals surface area contributed by atoms with Gasteiger partial charge in [-0.05, 0) is 18.1 Å². The lowest BCUT2D eigenvalue weighted by Gasteiger charge is -2.19. The van der Waals surface area contributed by atoms with Gasteiger partial charge in [-0.1, -0.05) is 31.5 Å². The minimum atomic E-state index is -0.468. The highest BCUT2D eigenvalue weighted by atomic mass is 35.5. The molecule has 0 fully saturated rings. The van der Waals surface area contributed by atoms with E-state index in [1.165, 1.54) is 12.1 Å². The molecule has 100 valence electrons. The van der Waals surface area contributed by atoms with Gasteiger partial charge in [0.05, 0.1) is 6.42 Å². The van der Waals surface area contributed by atoms with Crippen LogP contribution >= 0.6 is 23.2 Å². The Morgan fingerprint density at radius 1 is 1.44 bits per heavy atom. The Kier molecular flexibility index (Phi) is 5.89. The molecule has 1 aromatic carbocycles. The van der Waals surface area contributed by atoms with Crippen LogP contribution in [0.3, 0.4) is 0 Å². The number of carbonyl (C=O) groups excluding carboxylic acids is 1. The maximum atomic E-state index is 13.5. The molecule has 1 amide bonds. The monoisotopic (exact) mass is 291 g/mol. The Morgan fingerprint density at radius 3 is 2.61 bits per heavy atom. The van der Waals surface area contributed by atoms with Crippen molar-refractivity contribution in [2.24, 2.45) is 5.92 Å². The largest absolute Gasteiger partial charge is 0.352 e. The predicted octanol–water partition coefficient (Wildman–Crippen LogP) is 3.40. The highest BCUT2D eigenvalue weighted by Gasteiger charge is 2.17. The van der Waals surface area contributed by atoms with Gasteiger partial charge in [0.25, 0.3) is 0 Å². The van der Waals surface area contributed by atoms with Gasteiger partial charge in [-0.2, -0.15) is 0 Å². The standard InChI is InChI=1S/C13H16Cl2FNO/c1-8(2)12(7-14)17-13(18)6-9-10(15)4-3-5-11(9)16/h3-5,8,12H,6-7H2,1-2H3,(H,17,18). The first-order chi connectivity index (χ1) is 8.45. The number of hydrogen-bond acceptors (Lipinski definition) is 1. The van der Waals surface area contributed by atoms with Crippen LogP contribution in [0.25, 0.3) is 0 Å². The minimum absolute atomic E-state index is 0.0778. The van der Waals surface area contributed by atoms with Crippen LogP contribution in [0.15, 0.2) is 18.2 Å². The second-order valence-electron chi connectivity index (χ2n) is 4.45. The molecule has 0 aliphatic heterocycles. The zero-order valence-corrected chi connectivity index (χ0v) is 11.9. The van der Waals surface area contributed by atoms with Crippen LogP contribution < -0.4 is 5.32 Å². The van der Waals surface area contributed by atoms with Gasteiger partial charge in [0, 0.05) is 22.5 Å². The molecule has 0 aromatic heterocycles. The van der Waals surface area contributed by atoms with Crippen molar-refractivity contribution >= 4 is 29.1 Å². The molecule has 0 bridgehead atoms. The van der Waals surface area contributed by atoms with Crippen molar-refractivity contribution < 1.29 is 9.18 Å². The lowest BCUT2D eigenvalue weighted by molar-refractivity contribution is -0.121. The first kappa shape index (κ1) is 15.3. The van der Waals surface area contributed by atoms with E-state index < -0.39 is 5.82 Å². The number of rotatable bonds is 5. The van der Waals surface area contributed by atoms with Crippen LogP contribution in [0.1, 0.15) is 19.4 Å². The Balaban J connectivity index is 2.70. The summed E-state index contributed by atoms with van der Waals surface area (Å²) in [6.07, 6.45) is -0.0778. The van der Waals surface area contributed by atoms with Crippen molar-refractivity contribution in [3.05, 3.63) is 34.6 Å². The van der Waals surface area contributed by atoms with Gasteiger partial charge >= 0.3 is 0 Å². The highest BCUT2D eigenvalue weighted by Crippen LogP contribution is 2.19. The summed E-state index contributed by atoms with van der Waals surface area (Å²) in [5, 5.41) is 3.03. The van der Waals surface area contributed by atoms with E-state index in [-0.39, 0.29) is 34.9 Å². The molecule has 1 N–H and O–H groups in total. The van der Waals surface area contributed by atoms with E-state index in [9.17, 15) is 9.18 Å². The molecule has 2 nitrogen and oxygen atoms in total. The van der Waals surface area contributed by atoms with Gasteiger partial charge in [-0.3, -0.25) is 4.79 Å². The fourth-order valence-corrected chi connectivity index (χ4v) is 2.17. The topological polar surface area (TPSA) is 29.1 Å². The van der Waals surface area contributed by atoms with Crippen LogP contribution in [0, 0.1) is 11.7 Å². The Bertz CT molecular complexity index is 403. The third-order valence-electron chi connectivity index (χ3n) is 2.72. The smallest absolute Gasteiger partial charge is 0.224 e. The second-order valence-corrected chi connectivity index (χ2v) is 5.17. The van der Waals surface area contributed by atoms with Gasteiger partial charge < -0.3 is 5.32 Å². The predicted molar refractivity (Wildman–Crippen MR) is 72.6 cm³/mol. The molecule has 0 spiro atoms. The molecule has 0 aliphatic rings. The molecule has 5 heteroatoms. The van der Waals surface area contributed by atoms with E-state index in [2.05, 4.69) is 5.32 Å². The molecule has 0 heterocycles. The highest BCUT2D eigenvalue weighted by molar-refractivity contribution is 6.31. The first-order valence-electron chi connectivity index (χ1n) is 5.74. The molecule has 0 radical (unpaired) electrons. The van der Waals surface area contributed by atoms with Crippen molar-refractivity contribution in [2.45, 2.75) is 26.3 Å². The van der Waals surface area contributed by atoms with E-state index in [4.69, 9.17) is 23.2 Å². The normalized spacial score (nSPS) is 12.6. The number of nitrogens with one attached hydrogen (secondary N) is 1. The van der Waals surface area contributed by atoms with E-state index in [1.54, 1.807) is 6.07 Å². The number of amides is 1. The summed E-state index contributed by atoms with van der Waals surface area (Å²) in [7, 11) is 0. The van der Waals surface area contributed by atoms with E-state index in [0.717, 1.165) is 0 Å². The van der Waals surface area contributed by atoms with Crippen LogP contribution in [0.5, 0.6) is 0 Å². The van der Waals surface area contributed by atoms with E-state index in [0.29, 0.717) is 5.88 Å². The van der Waals surface area contributed by atoms with E-state index >= 15 is 0 Å². The number of halogens is 3. The Hall–Kier alpha value is -0.800. The summed E-state index contributed by atoms with van der Waals surface area (Å²) in [5.41, 5.74) is 0.216. The maximum Gasteiger partial charge on any atom is 0.224 e. The van der Waals surface area contributed by atoms with Gasteiger partial charge in [-0.15, -0.1) is 11.6 Å².